The second kappa shape index (κ2) is 5.20. The molecule has 2 aromatic rings. The van der Waals surface area contributed by atoms with Gasteiger partial charge in [-0.05, 0) is 13.0 Å². The maximum Gasteiger partial charge on any atom is 0.226 e. The zero-order valence-electron chi connectivity index (χ0n) is 9.71. The summed E-state index contributed by atoms with van der Waals surface area (Å²) in [6.45, 7) is 2.40. The first-order chi connectivity index (χ1) is 8.28. The highest BCUT2D eigenvalue weighted by atomic mass is 16.5. The largest absolute Gasteiger partial charge is 0.481 e. The minimum Gasteiger partial charge on any atom is -0.481 e. The molecular formula is C11H13N5O. The first kappa shape index (κ1) is 11.3. The van der Waals surface area contributed by atoms with Crippen LogP contribution in [0.5, 0.6) is 5.88 Å². The monoisotopic (exact) mass is 231 g/mol. The number of rotatable bonds is 4. The molecule has 0 saturated carbocycles. The molecule has 0 saturated heterocycles. The van der Waals surface area contributed by atoms with Gasteiger partial charge in [-0.3, -0.25) is 0 Å². The van der Waals surface area contributed by atoms with E-state index < -0.39 is 0 Å². The van der Waals surface area contributed by atoms with Gasteiger partial charge in [-0.25, -0.2) is 15.0 Å². The average molecular weight is 231 g/mol. The zero-order valence-corrected chi connectivity index (χ0v) is 9.71. The van der Waals surface area contributed by atoms with Gasteiger partial charge in [0, 0.05) is 18.5 Å². The quantitative estimate of drug-likeness (QED) is 0.852. The summed E-state index contributed by atoms with van der Waals surface area (Å²) < 4.78 is 5.01. The Morgan fingerprint density at radius 2 is 2.00 bits per heavy atom. The van der Waals surface area contributed by atoms with Crippen molar-refractivity contribution >= 4 is 5.95 Å². The summed E-state index contributed by atoms with van der Waals surface area (Å²) in [5.74, 6) is 1.79. The van der Waals surface area contributed by atoms with E-state index in [4.69, 9.17) is 4.74 Å². The third kappa shape index (κ3) is 3.10. The van der Waals surface area contributed by atoms with Crippen LogP contribution in [-0.2, 0) is 6.54 Å². The predicted octanol–water partition coefficient (Wildman–Crippen LogP) is 1.20. The van der Waals surface area contributed by atoms with Crippen LogP contribution in [-0.4, -0.2) is 27.0 Å². The Morgan fingerprint density at radius 3 is 2.76 bits per heavy atom. The number of ether oxygens (including phenoxy) is 1. The number of aromatic nitrogens is 4. The topological polar surface area (TPSA) is 72.8 Å². The summed E-state index contributed by atoms with van der Waals surface area (Å²) >= 11 is 0. The van der Waals surface area contributed by atoms with Gasteiger partial charge in [0.25, 0.3) is 0 Å². The molecule has 6 heteroatoms. The van der Waals surface area contributed by atoms with Crippen LogP contribution in [0.3, 0.4) is 0 Å². The highest BCUT2D eigenvalue weighted by molar-refractivity contribution is 5.28. The van der Waals surface area contributed by atoms with Crippen molar-refractivity contribution in [1.29, 1.82) is 0 Å². The molecule has 1 N–H and O–H groups in total. The molecule has 88 valence electrons. The molecule has 2 heterocycles. The summed E-state index contributed by atoms with van der Waals surface area (Å²) in [5.41, 5.74) is 0.893. The fraction of sp³-hybridized carbons (Fsp3) is 0.273. The van der Waals surface area contributed by atoms with Gasteiger partial charge in [0.05, 0.1) is 19.3 Å². The third-order valence-corrected chi connectivity index (χ3v) is 2.10. The second-order valence-electron chi connectivity index (χ2n) is 3.37. The van der Waals surface area contributed by atoms with Gasteiger partial charge in [0.2, 0.25) is 11.8 Å². The Hall–Kier alpha value is -2.24. The Morgan fingerprint density at radius 1 is 1.18 bits per heavy atom. The molecule has 0 bridgehead atoms. The van der Waals surface area contributed by atoms with Crippen molar-refractivity contribution in [2.45, 2.75) is 13.5 Å². The van der Waals surface area contributed by atoms with E-state index >= 15 is 0 Å². The van der Waals surface area contributed by atoms with E-state index in [2.05, 4.69) is 25.3 Å². The lowest BCUT2D eigenvalue weighted by Crippen LogP contribution is -2.06. The van der Waals surface area contributed by atoms with Gasteiger partial charge in [0.15, 0.2) is 0 Å². The number of nitrogens with one attached hydrogen (secondary N) is 1. The van der Waals surface area contributed by atoms with Crippen LogP contribution in [0.2, 0.25) is 0 Å². The fourth-order valence-corrected chi connectivity index (χ4v) is 1.31. The molecule has 0 atom stereocenters. The molecule has 2 rings (SSSR count). The maximum absolute atomic E-state index is 5.01. The second-order valence-corrected chi connectivity index (χ2v) is 3.37. The molecule has 0 aliphatic heterocycles. The molecule has 0 unspecified atom stereocenters. The van der Waals surface area contributed by atoms with Crippen LogP contribution < -0.4 is 10.1 Å². The van der Waals surface area contributed by atoms with Crippen LogP contribution in [0.25, 0.3) is 0 Å². The van der Waals surface area contributed by atoms with E-state index in [0.717, 1.165) is 11.5 Å². The van der Waals surface area contributed by atoms with E-state index in [1.807, 2.05) is 13.0 Å². The van der Waals surface area contributed by atoms with Gasteiger partial charge in [-0.15, -0.1) is 0 Å². The number of hydrogen-bond acceptors (Lipinski definition) is 6. The van der Waals surface area contributed by atoms with Gasteiger partial charge in [-0.2, -0.15) is 4.98 Å². The van der Waals surface area contributed by atoms with Crippen molar-refractivity contribution in [3.8, 4) is 5.88 Å². The van der Waals surface area contributed by atoms with Crippen LogP contribution in [0.4, 0.5) is 5.95 Å². The van der Waals surface area contributed by atoms with Crippen molar-refractivity contribution in [2.24, 2.45) is 0 Å². The van der Waals surface area contributed by atoms with E-state index in [1.165, 1.54) is 0 Å². The summed E-state index contributed by atoms with van der Waals surface area (Å²) in [4.78, 5) is 16.5. The molecule has 0 aliphatic rings. The van der Waals surface area contributed by atoms with Gasteiger partial charge in [0.1, 0.15) is 5.82 Å². The standard InChI is InChI=1S/C11H13N5O/c1-8-12-5-3-9(15-8)7-14-11-13-6-4-10(16-11)17-2/h3-6H,7H2,1-2H3,(H,13,14,16). The van der Waals surface area contributed by atoms with Crippen molar-refractivity contribution in [3.05, 3.63) is 36.0 Å². The molecule has 0 amide bonds. The maximum atomic E-state index is 5.01. The Balaban J connectivity index is 2.02. The van der Waals surface area contributed by atoms with Crippen LogP contribution in [0.15, 0.2) is 24.5 Å². The normalized spacial score (nSPS) is 10.0. The van der Waals surface area contributed by atoms with Gasteiger partial charge in [-0.1, -0.05) is 0 Å². The first-order valence-corrected chi connectivity index (χ1v) is 5.17. The fourth-order valence-electron chi connectivity index (χ4n) is 1.31. The average Bonchev–Trinajstić information content (AvgIpc) is 2.37. The lowest BCUT2D eigenvalue weighted by molar-refractivity contribution is 0.397. The van der Waals surface area contributed by atoms with Crippen molar-refractivity contribution in [3.63, 3.8) is 0 Å². The smallest absolute Gasteiger partial charge is 0.226 e. The van der Waals surface area contributed by atoms with E-state index in [-0.39, 0.29) is 0 Å². The van der Waals surface area contributed by atoms with Crippen LogP contribution >= 0.6 is 0 Å². The zero-order chi connectivity index (χ0) is 12.1. The number of aryl methyl sites for hydroxylation is 1. The molecule has 0 radical (unpaired) electrons. The molecule has 0 aliphatic carbocycles. The van der Waals surface area contributed by atoms with E-state index in [0.29, 0.717) is 18.4 Å². The van der Waals surface area contributed by atoms with E-state index in [1.54, 1.807) is 25.6 Å². The number of nitrogens with zero attached hydrogens (tertiary/aromatic N) is 4. The lowest BCUT2D eigenvalue weighted by atomic mass is 10.4. The lowest BCUT2D eigenvalue weighted by Gasteiger charge is -2.05. The van der Waals surface area contributed by atoms with E-state index in [9.17, 15) is 0 Å². The third-order valence-electron chi connectivity index (χ3n) is 2.10. The Bertz CT molecular complexity index is 503. The van der Waals surface area contributed by atoms with Crippen LogP contribution in [0, 0.1) is 6.92 Å². The number of methoxy groups -OCH3 is 1. The minimum absolute atomic E-state index is 0.514. The summed E-state index contributed by atoms with van der Waals surface area (Å²) in [6.07, 6.45) is 3.37. The molecule has 0 aromatic carbocycles. The Labute approximate surface area is 99.1 Å². The van der Waals surface area contributed by atoms with Crippen molar-refractivity contribution in [1.82, 2.24) is 19.9 Å². The van der Waals surface area contributed by atoms with Gasteiger partial charge >= 0.3 is 0 Å². The van der Waals surface area contributed by atoms with Crippen molar-refractivity contribution in [2.75, 3.05) is 12.4 Å². The molecule has 2 aromatic heterocycles. The first-order valence-electron chi connectivity index (χ1n) is 5.17. The predicted molar refractivity (Wildman–Crippen MR) is 62.7 cm³/mol. The summed E-state index contributed by atoms with van der Waals surface area (Å²) in [5, 5.41) is 3.07. The summed E-state index contributed by atoms with van der Waals surface area (Å²) in [6, 6.07) is 3.54. The molecule has 0 fully saturated rings. The summed E-state index contributed by atoms with van der Waals surface area (Å²) in [7, 11) is 1.57. The highest BCUT2D eigenvalue weighted by Crippen LogP contribution is 2.08. The molecule has 0 spiro atoms. The van der Waals surface area contributed by atoms with Crippen molar-refractivity contribution < 1.29 is 4.74 Å². The number of anilines is 1. The highest BCUT2D eigenvalue weighted by Gasteiger charge is 2.00. The SMILES string of the molecule is COc1ccnc(NCc2ccnc(C)n2)n1. The Kier molecular flexibility index (Phi) is 3.44. The molecular weight excluding hydrogens is 218 g/mol. The molecule has 6 nitrogen and oxygen atoms in total. The minimum atomic E-state index is 0.514. The van der Waals surface area contributed by atoms with Crippen LogP contribution in [0.1, 0.15) is 11.5 Å². The number of hydrogen-bond donors (Lipinski definition) is 1. The molecule has 17 heavy (non-hydrogen) atoms. The van der Waals surface area contributed by atoms with Gasteiger partial charge < -0.3 is 10.1 Å².